The lowest BCUT2D eigenvalue weighted by Gasteiger charge is -2.18. The monoisotopic (exact) mass is 699 g/mol. The van der Waals surface area contributed by atoms with E-state index in [2.05, 4.69) is 26.3 Å². The first-order valence-electron chi connectivity index (χ1n) is 15.5. The highest BCUT2D eigenvalue weighted by molar-refractivity contribution is 5.86. The molecule has 0 radical (unpaired) electrons. The lowest BCUT2D eigenvalue weighted by molar-refractivity contribution is -0.384. The minimum atomic E-state index is -1.52. The Bertz CT molecular complexity index is 1360. The largest absolute Gasteiger partial charge is 0.491 e. The standard InChI is InChI=1S/C29H42FN7O12/c30-10-3-4-20-19-36(35-34-20)12-13-47-14-15-48-16-17-49-21-6-8-25(37(45)46)24(18-21)31-11-2-1-5-22(27(40)41)32-29(44)33-23(28(42)43)7-9-26(38)39/h6,8,18-19,22-23,31H,1-5,7,9-17H2,(H,38,39)(H,40,41)(H,42,43)(H2,32,33,44). The van der Waals surface area contributed by atoms with Crippen LogP contribution in [0.2, 0.25) is 0 Å². The molecule has 0 aliphatic rings. The summed E-state index contributed by atoms with van der Waals surface area (Å²) in [5.74, 6) is -3.72. The number of unbranched alkanes of at least 4 members (excludes halogenated alkanes) is 1. The smallest absolute Gasteiger partial charge is 0.326 e. The molecule has 19 nitrogen and oxygen atoms in total. The number of hydrogen-bond acceptors (Lipinski definition) is 12. The van der Waals surface area contributed by atoms with Crippen LogP contribution in [0.5, 0.6) is 5.75 Å². The number of aromatic nitrogens is 3. The van der Waals surface area contributed by atoms with Gasteiger partial charge in [-0.25, -0.2) is 19.1 Å². The maximum absolute atomic E-state index is 12.3. The number of nitrogens with zero attached hydrogens (tertiary/aromatic N) is 4. The predicted octanol–water partition coefficient (Wildman–Crippen LogP) is 1.85. The van der Waals surface area contributed by atoms with Crippen LogP contribution < -0.4 is 20.7 Å². The second-order valence-electron chi connectivity index (χ2n) is 10.5. The van der Waals surface area contributed by atoms with Crippen LogP contribution in [-0.4, -0.2) is 118 Å². The molecular formula is C29H42FN7O12. The quantitative estimate of drug-likeness (QED) is 0.0441. The van der Waals surface area contributed by atoms with E-state index in [0.29, 0.717) is 51.4 Å². The number of carbonyl (C=O) groups is 4. The summed E-state index contributed by atoms with van der Waals surface area (Å²) in [6.07, 6.45) is 2.41. The minimum absolute atomic E-state index is 0.0289. The van der Waals surface area contributed by atoms with E-state index in [1.165, 1.54) is 18.2 Å². The summed E-state index contributed by atoms with van der Waals surface area (Å²) >= 11 is 0. The maximum Gasteiger partial charge on any atom is 0.326 e. The Labute approximate surface area is 280 Å². The van der Waals surface area contributed by atoms with Gasteiger partial charge in [0.1, 0.15) is 30.1 Å². The Hall–Kier alpha value is -5.11. The Balaban J connectivity index is 1.69. The van der Waals surface area contributed by atoms with Crippen molar-refractivity contribution in [1.29, 1.82) is 0 Å². The third-order valence-electron chi connectivity index (χ3n) is 6.74. The minimum Gasteiger partial charge on any atom is -0.491 e. The van der Waals surface area contributed by atoms with E-state index in [1.807, 2.05) is 0 Å². The maximum atomic E-state index is 12.3. The van der Waals surface area contributed by atoms with Gasteiger partial charge in [-0.15, -0.1) is 5.10 Å². The van der Waals surface area contributed by atoms with Gasteiger partial charge in [0.15, 0.2) is 0 Å². The summed E-state index contributed by atoms with van der Waals surface area (Å²) < 4.78 is 30.5. The van der Waals surface area contributed by atoms with Crippen LogP contribution >= 0.6 is 0 Å². The molecule has 2 unspecified atom stereocenters. The van der Waals surface area contributed by atoms with Crippen molar-refractivity contribution in [3.8, 4) is 5.75 Å². The predicted molar refractivity (Wildman–Crippen MR) is 168 cm³/mol. The van der Waals surface area contributed by atoms with Crippen LogP contribution in [0, 0.1) is 10.1 Å². The number of anilines is 1. The van der Waals surface area contributed by atoms with E-state index in [4.69, 9.17) is 24.4 Å². The number of amides is 2. The molecule has 6 N–H and O–H groups in total. The summed E-state index contributed by atoms with van der Waals surface area (Å²) in [6.45, 7) is 1.77. The highest BCUT2D eigenvalue weighted by atomic mass is 19.1. The number of nitrogens with one attached hydrogen (secondary N) is 3. The summed E-state index contributed by atoms with van der Waals surface area (Å²) in [7, 11) is 0. The first kappa shape index (κ1) is 40.1. The van der Waals surface area contributed by atoms with Crippen LogP contribution in [0.4, 0.5) is 20.6 Å². The van der Waals surface area contributed by atoms with Crippen LogP contribution in [0.15, 0.2) is 24.4 Å². The summed E-state index contributed by atoms with van der Waals surface area (Å²) in [5.41, 5.74) is 0.721. The molecular weight excluding hydrogens is 657 g/mol. The van der Waals surface area contributed by atoms with Gasteiger partial charge < -0.3 is 45.5 Å². The van der Waals surface area contributed by atoms with Crippen molar-refractivity contribution in [3.63, 3.8) is 0 Å². The fraction of sp³-hybridized carbons (Fsp3) is 0.586. The average molecular weight is 700 g/mol. The summed E-state index contributed by atoms with van der Waals surface area (Å²) in [6, 6.07) is 0.247. The second-order valence-corrected chi connectivity index (χ2v) is 10.5. The number of nitro groups is 1. The summed E-state index contributed by atoms with van der Waals surface area (Å²) in [5, 5.41) is 53.9. The molecule has 0 spiro atoms. The molecule has 49 heavy (non-hydrogen) atoms. The molecule has 2 amide bonds. The van der Waals surface area contributed by atoms with Crippen molar-refractivity contribution in [2.24, 2.45) is 0 Å². The van der Waals surface area contributed by atoms with E-state index in [0.717, 1.165) is 5.69 Å². The SMILES string of the molecule is O=C(O)CCC(NC(=O)NC(CCCCNc1cc(OCCOCCOCCn2cc(CCCF)nn2)ccc1[N+](=O)[O-])C(=O)O)C(=O)O. The van der Waals surface area contributed by atoms with E-state index in [-0.39, 0.29) is 50.4 Å². The van der Waals surface area contributed by atoms with Crippen molar-refractivity contribution in [3.05, 3.63) is 40.2 Å². The van der Waals surface area contributed by atoms with Crippen molar-refractivity contribution < 1.29 is 58.0 Å². The Morgan fingerprint density at radius 3 is 2.27 bits per heavy atom. The fourth-order valence-corrected chi connectivity index (χ4v) is 4.25. The number of aryl methyl sites for hydroxylation is 1. The van der Waals surface area contributed by atoms with Gasteiger partial charge in [0.2, 0.25) is 0 Å². The molecule has 2 atom stereocenters. The number of aliphatic carboxylic acids is 3. The van der Waals surface area contributed by atoms with E-state index >= 15 is 0 Å². The number of carbonyl (C=O) groups excluding carboxylic acids is 1. The first-order valence-corrected chi connectivity index (χ1v) is 15.5. The summed E-state index contributed by atoms with van der Waals surface area (Å²) in [4.78, 5) is 56.6. The highest BCUT2D eigenvalue weighted by Gasteiger charge is 2.25. The normalized spacial score (nSPS) is 12.1. The van der Waals surface area contributed by atoms with Crippen LogP contribution in [0.3, 0.4) is 0 Å². The molecule has 0 saturated heterocycles. The van der Waals surface area contributed by atoms with E-state index < -0.39 is 54.0 Å². The zero-order chi connectivity index (χ0) is 36.0. The molecule has 0 aliphatic carbocycles. The van der Waals surface area contributed by atoms with Crippen LogP contribution in [0.25, 0.3) is 0 Å². The molecule has 1 heterocycles. The first-order chi connectivity index (χ1) is 23.5. The third kappa shape index (κ3) is 16.5. The Morgan fingerprint density at radius 1 is 0.939 bits per heavy atom. The number of ether oxygens (including phenoxy) is 3. The van der Waals surface area contributed by atoms with Gasteiger partial charge in [0.25, 0.3) is 5.69 Å². The number of rotatable bonds is 27. The van der Waals surface area contributed by atoms with E-state index in [1.54, 1.807) is 10.9 Å². The van der Waals surface area contributed by atoms with Gasteiger partial charge in [-0.1, -0.05) is 5.21 Å². The van der Waals surface area contributed by atoms with Crippen molar-refractivity contribution in [2.45, 2.75) is 63.6 Å². The topological polar surface area (TPSA) is 267 Å². The Morgan fingerprint density at radius 2 is 1.61 bits per heavy atom. The molecule has 2 aromatic rings. The average Bonchev–Trinajstić information content (AvgIpc) is 3.51. The van der Waals surface area contributed by atoms with Crippen molar-refractivity contribution in [2.75, 3.05) is 51.6 Å². The molecule has 0 aliphatic heterocycles. The number of urea groups is 1. The molecule has 1 aromatic carbocycles. The number of alkyl halides is 1. The van der Waals surface area contributed by atoms with Gasteiger partial charge in [0.05, 0.1) is 50.3 Å². The molecule has 2 rings (SSSR count). The van der Waals surface area contributed by atoms with Crippen LogP contribution in [-0.2, 0) is 36.8 Å². The highest BCUT2D eigenvalue weighted by Crippen LogP contribution is 2.29. The fourth-order valence-electron chi connectivity index (χ4n) is 4.25. The number of nitro benzene ring substituents is 1. The molecule has 0 fully saturated rings. The van der Waals surface area contributed by atoms with Gasteiger partial charge in [0, 0.05) is 31.3 Å². The van der Waals surface area contributed by atoms with Gasteiger partial charge >= 0.3 is 23.9 Å². The van der Waals surface area contributed by atoms with Crippen molar-refractivity contribution >= 4 is 35.3 Å². The number of hydrogen-bond donors (Lipinski definition) is 6. The van der Waals surface area contributed by atoms with Crippen molar-refractivity contribution in [1.82, 2.24) is 25.6 Å². The lowest BCUT2D eigenvalue weighted by Crippen LogP contribution is -2.51. The molecule has 0 bridgehead atoms. The van der Waals surface area contributed by atoms with E-state index in [9.17, 15) is 38.8 Å². The molecule has 272 valence electrons. The molecule has 1 aromatic heterocycles. The number of carboxylic acid groups (broad SMARTS) is 3. The van der Waals surface area contributed by atoms with Gasteiger partial charge in [-0.05, 0) is 44.6 Å². The Kier molecular flexibility index (Phi) is 18.4. The zero-order valence-corrected chi connectivity index (χ0v) is 26.8. The van der Waals surface area contributed by atoms with Gasteiger partial charge in [-0.3, -0.25) is 19.3 Å². The number of halogens is 1. The van der Waals surface area contributed by atoms with Gasteiger partial charge in [-0.2, -0.15) is 0 Å². The zero-order valence-electron chi connectivity index (χ0n) is 26.8. The number of carboxylic acids is 3. The second kappa shape index (κ2) is 22.5. The van der Waals surface area contributed by atoms with Crippen LogP contribution in [0.1, 0.15) is 44.2 Å². The molecule has 20 heteroatoms. The lowest BCUT2D eigenvalue weighted by atomic mass is 10.1. The third-order valence-corrected chi connectivity index (χ3v) is 6.74. The number of benzene rings is 1. The molecule has 0 saturated carbocycles.